The maximum atomic E-state index is 12.1. The third-order valence-corrected chi connectivity index (χ3v) is 3.60. The number of allylic oxidation sites excluding steroid dienone is 1. The van der Waals surface area contributed by atoms with Crippen LogP contribution in [0, 0.1) is 0 Å². The van der Waals surface area contributed by atoms with E-state index in [0.717, 1.165) is 6.07 Å². The van der Waals surface area contributed by atoms with Crippen molar-refractivity contribution in [1.29, 1.82) is 0 Å². The van der Waals surface area contributed by atoms with Gasteiger partial charge in [0.25, 0.3) is 0 Å². The normalized spacial score (nSPS) is 12.6. The second kappa shape index (κ2) is 7.75. The van der Waals surface area contributed by atoms with Gasteiger partial charge in [-0.25, -0.2) is 4.79 Å². The summed E-state index contributed by atoms with van der Waals surface area (Å²) in [6, 6.07) is 3.80. The number of hydrogen-bond acceptors (Lipinski definition) is 6. The lowest BCUT2D eigenvalue weighted by Crippen LogP contribution is -2.17. The maximum absolute atomic E-state index is 12.1. The Morgan fingerprint density at radius 1 is 1.41 bits per heavy atom. The van der Waals surface area contributed by atoms with Crippen molar-refractivity contribution in [1.82, 2.24) is 0 Å². The van der Waals surface area contributed by atoms with Gasteiger partial charge in [-0.15, -0.1) is 13.2 Å². The van der Waals surface area contributed by atoms with Crippen LogP contribution in [0.2, 0.25) is 0 Å². The molecule has 5 nitrogen and oxygen atoms in total. The predicted octanol–water partition coefficient (Wildman–Crippen LogP) is 3.19. The van der Waals surface area contributed by atoms with Gasteiger partial charge in [0.1, 0.15) is 17.3 Å². The lowest BCUT2D eigenvalue weighted by Gasteiger charge is -2.12. The highest BCUT2D eigenvalue weighted by molar-refractivity contribution is 9.10. The molecule has 0 spiro atoms. The van der Waals surface area contributed by atoms with Crippen LogP contribution in [-0.2, 0) is 16.1 Å². The van der Waals surface area contributed by atoms with Crippen LogP contribution in [0.15, 0.2) is 33.3 Å². The second-order valence-corrected chi connectivity index (χ2v) is 5.52. The van der Waals surface area contributed by atoms with E-state index in [1.54, 1.807) is 0 Å². The highest BCUT2D eigenvalue weighted by Crippen LogP contribution is 2.31. The third kappa shape index (κ3) is 5.78. The minimum atomic E-state index is -4.78. The number of halogens is 4. The van der Waals surface area contributed by atoms with Gasteiger partial charge in [-0.1, -0.05) is 6.07 Å². The maximum Gasteiger partial charge on any atom is 0.573 e. The molecule has 1 rings (SSSR count). The Morgan fingerprint density at radius 2 is 2.05 bits per heavy atom. The smallest absolute Gasteiger partial charge is 0.457 e. The molecule has 0 saturated heterocycles. The van der Waals surface area contributed by atoms with E-state index in [2.05, 4.69) is 20.7 Å². The molecule has 0 unspecified atom stereocenters. The Bertz CT molecular complexity index is 589. The summed E-state index contributed by atoms with van der Waals surface area (Å²) in [4.78, 5) is 11.7. The first-order chi connectivity index (χ1) is 10.1. The van der Waals surface area contributed by atoms with E-state index >= 15 is 0 Å². The zero-order valence-electron chi connectivity index (χ0n) is 11.2. The van der Waals surface area contributed by atoms with Crippen LogP contribution in [-0.4, -0.2) is 12.3 Å². The quantitative estimate of drug-likeness (QED) is 0.448. The summed E-state index contributed by atoms with van der Waals surface area (Å²) in [5, 5.41) is 5.29. The summed E-state index contributed by atoms with van der Waals surface area (Å²) in [6.07, 6.45) is -4.78. The molecule has 122 valence electrons. The van der Waals surface area contributed by atoms with Crippen molar-refractivity contribution >= 4 is 33.8 Å². The fourth-order valence-electron chi connectivity index (χ4n) is 1.36. The lowest BCUT2D eigenvalue weighted by atomic mass is 10.2. The van der Waals surface area contributed by atoms with E-state index in [0.29, 0.717) is 17.5 Å². The van der Waals surface area contributed by atoms with Crippen LogP contribution in [0.1, 0.15) is 12.5 Å². The SMILES string of the molecule is C/C(N)=C(/SN)C(=O)OCc1ccc(OC(F)(F)F)c(Br)c1. The molecule has 0 amide bonds. The van der Waals surface area contributed by atoms with Crippen LogP contribution < -0.4 is 15.6 Å². The summed E-state index contributed by atoms with van der Waals surface area (Å²) in [5.41, 5.74) is 6.15. The van der Waals surface area contributed by atoms with Crippen LogP contribution in [0.25, 0.3) is 0 Å². The Balaban J connectivity index is 2.75. The van der Waals surface area contributed by atoms with Gasteiger partial charge in [0, 0.05) is 5.70 Å². The minimum absolute atomic E-state index is 0.0658. The Morgan fingerprint density at radius 3 is 2.50 bits per heavy atom. The number of esters is 1. The molecular formula is C12H12BrF3N2O3S. The molecule has 22 heavy (non-hydrogen) atoms. The Kier molecular flexibility index (Phi) is 6.57. The van der Waals surface area contributed by atoms with Gasteiger partial charge in [-0.2, -0.15) is 0 Å². The highest BCUT2D eigenvalue weighted by Gasteiger charge is 2.31. The predicted molar refractivity (Wildman–Crippen MR) is 79.3 cm³/mol. The van der Waals surface area contributed by atoms with Crippen molar-refractivity contribution in [3.63, 3.8) is 0 Å². The van der Waals surface area contributed by atoms with Gasteiger partial charge < -0.3 is 15.2 Å². The van der Waals surface area contributed by atoms with Crippen LogP contribution in [0.5, 0.6) is 5.75 Å². The topological polar surface area (TPSA) is 87.6 Å². The molecule has 4 N–H and O–H groups in total. The van der Waals surface area contributed by atoms with E-state index in [9.17, 15) is 18.0 Å². The Hall–Kier alpha value is -1.39. The van der Waals surface area contributed by atoms with E-state index < -0.39 is 18.1 Å². The van der Waals surface area contributed by atoms with E-state index in [1.165, 1.54) is 19.1 Å². The van der Waals surface area contributed by atoms with Crippen molar-refractivity contribution in [2.45, 2.75) is 19.9 Å². The standard InChI is InChI=1S/C12H12BrF3N2O3S/c1-6(17)10(22-18)11(19)20-5-7-2-3-9(8(13)4-7)21-12(14,15)16/h2-4H,5,17-18H2,1H3/b10-6-. The Labute approximate surface area is 137 Å². The van der Waals surface area contributed by atoms with Crippen molar-refractivity contribution in [2.24, 2.45) is 10.9 Å². The van der Waals surface area contributed by atoms with Crippen LogP contribution in [0.4, 0.5) is 13.2 Å². The molecule has 0 aliphatic heterocycles. The molecule has 0 aromatic heterocycles. The van der Waals surface area contributed by atoms with Crippen molar-refractivity contribution < 1.29 is 27.4 Å². The van der Waals surface area contributed by atoms with Crippen molar-refractivity contribution in [2.75, 3.05) is 0 Å². The molecule has 0 saturated carbocycles. The lowest BCUT2D eigenvalue weighted by molar-refractivity contribution is -0.274. The molecule has 0 atom stereocenters. The van der Waals surface area contributed by atoms with Crippen molar-refractivity contribution in [3.8, 4) is 5.75 Å². The molecule has 10 heteroatoms. The molecule has 0 fully saturated rings. The van der Waals surface area contributed by atoms with Crippen LogP contribution >= 0.6 is 27.9 Å². The zero-order valence-corrected chi connectivity index (χ0v) is 13.6. The number of alkyl halides is 3. The van der Waals surface area contributed by atoms with E-state index in [4.69, 9.17) is 15.6 Å². The number of benzene rings is 1. The number of carbonyl (C=O) groups is 1. The number of carbonyl (C=O) groups excluding carboxylic acids is 1. The zero-order chi connectivity index (χ0) is 16.9. The summed E-state index contributed by atoms with van der Waals surface area (Å²) in [7, 11) is 0. The first-order valence-electron chi connectivity index (χ1n) is 5.68. The molecule has 1 aromatic rings. The molecule has 1 aromatic carbocycles. The average Bonchev–Trinajstić information content (AvgIpc) is 2.38. The van der Waals surface area contributed by atoms with E-state index in [-0.39, 0.29) is 21.7 Å². The highest BCUT2D eigenvalue weighted by atomic mass is 79.9. The summed E-state index contributed by atoms with van der Waals surface area (Å²) in [6.45, 7) is 1.34. The number of ether oxygens (including phenoxy) is 2. The number of nitrogens with two attached hydrogens (primary N) is 2. The molecule has 0 radical (unpaired) electrons. The summed E-state index contributed by atoms with van der Waals surface area (Å²) < 4.78 is 45.3. The largest absolute Gasteiger partial charge is 0.573 e. The van der Waals surface area contributed by atoms with Crippen molar-refractivity contribution in [3.05, 3.63) is 38.8 Å². The molecule has 0 heterocycles. The van der Waals surface area contributed by atoms with Gasteiger partial charge >= 0.3 is 12.3 Å². The van der Waals surface area contributed by atoms with Gasteiger partial charge in [-0.05, 0) is 52.5 Å². The average molecular weight is 401 g/mol. The first kappa shape index (κ1) is 18.7. The summed E-state index contributed by atoms with van der Waals surface area (Å²) >= 11 is 3.61. The van der Waals surface area contributed by atoms with Crippen LogP contribution in [0.3, 0.4) is 0 Å². The monoisotopic (exact) mass is 400 g/mol. The minimum Gasteiger partial charge on any atom is -0.457 e. The molecule has 0 aliphatic rings. The fraction of sp³-hybridized carbons (Fsp3) is 0.250. The number of hydrogen-bond donors (Lipinski definition) is 2. The number of rotatable bonds is 5. The molecule has 0 aliphatic carbocycles. The van der Waals surface area contributed by atoms with Gasteiger partial charge in [0.2, 0.25) is 0 Å². The first-order valence-corrected chi connectivity index (χ1v) is 7.35. The fourth-order valence-corrected chi connectivity index (χ4v) is 2.21. The second-order valence-electron chi connectivity index (χ2n) is 4.02. The van der Waals surface area contributed by atoms with Gasteiger partial charge in [0.05, 0.1) is 4.47 Å². The van der Waals surface area contributed by atoms with Gasteiger partial charge in [-0.3, -0.25) is 5.14 Å². The molecule has 0 bridgehead atoms. The van der Waals surface area contributed by atoms with Gasteiger partial charge in [0.15, 0.2) is 0 Å². The third-order valence-electron chi connectivity index (χ3n) is 2.25. The molecular weight excluding hydrogens is 389 g/mol. The summed E-state index contributed by atoms with van der Waals surface area (Å²) in [5.74, 6) is -1.10. The van der Waals surface area contributed by atoms with E-state index in [1.807, 2.05) is 0 Å².